The normalized spacial score (nSPS) is 19.0. The maximum Gasteiger partial charge on any atom is 0.244 e. The number of amides is 1. The van der Waals surface area contributed by atoms with E-state index in [9.17, 15) is 4.79 Å². The molecule has 3 aromatic carbocycles. The fourth-order valence-corrected chi connectivity index (χ4v) is 4.34. The molecule has 1 atom stereocenters. The quantitative estimate of drug-likeness (QED) is 0.553. The number of methoxy groups -OCH3 is 1. The van der Waals surface area contributed by atoms with Gasteiger partial charge in [-0.25, -0.2) is 0 Å². The number of rotatable bonds is 5. The van der Waals surface area contributed by atoms with E-state index < -0.39 is 5.54 Å². The molecule has 1 aliphatic heterocycles. The number of nitrogens with one attached hydrogen (secondary N) is 1. The molecule has 4 nitrogen and oxygen atoms in total. The summed E-state index contributed by atoms with van der Waals surface area (Å²) in [4.78, 5) is 15.4. The molecule has 1 amide bonds. The number of hydrogen-bond donors (Lipinski definition) is 1. The summed E-state index contributed by atoms with van der Waals surface area (Å²) in [6.07, 6.45) is 0.847. The van der Waals surface area contributed by atoms with Crippen LogP contribution in [0.3, 0.4) is 0 Å². The van der Waals surface area contributed by atoms with Gasteiger partial charge >= 0.3 is 0 Å². The third kappa shape index (κ3) is 3.53. The van der Waals surface area contributed by atoms with E-state index >= 15 is 0 Å². The van der Waals surface area contributed by atoms with Crippen molar-refractivity contribution in [2.75, 3.05) is 19.0 Å². The van der Waals surface area contributed by atoms with E-state index in [2.05, 4.69) is 44.3 Å². The number of benzene rings is 3. The summed E-state index contributed by atoms with van der Waals surface area (Å²) in [6, 6.07) is 18.3. The predicted octanol–water partition coefficient (Wildman–Crippen LogP) is 5.52. The van der Waals surface area contributed by atoms with Gasteiger partial charge in [-0.05, 0) is 55.0 Å². The first kappa shape index (κ1) is 19.9. The second-order valence-corrected chi connectivity index (χ2v) is 8.64. The second-order valence-electron chi connectivity index (χ2n) is 7.78. The van der Waals surface area contributed by atoms with Crippen LogP contribution in [0.4, 0.5) is 5.69 Å². The number of hydrogen-bond acceptors (Lipinski definition) is 3. The summed E-state index contributed by atoms with van der Waals surface area (Å²) in [5, 5.41) is 5.41. The number of halogens is 1. The summed E-state index contributed by atoms with van der Waals surface area (Å²) in [7, 11) is 1.70. The molecule has 1 aliphatic rings. The van der Waals surface area contributed by atoms with E-state index in [4.69, 9.17) is 4.74 Å². The average Bonchev–Trinajstić information content (AvgIpc) is 2.73. The molecular weight excluding hydrogens is 428 g/mol. The first-order valence-corrected chi connectivity index (χ1v) is 10.6. The molecule has 0 saturated carbocycles. The third-order valence-electron chi connectivity index (χ3n) is 6.13. The highest BCUT2D eigenvalue weighted by molar-refractivity contribution is 9.10. The van der Waals surface area contributed by atoms with Crippen LogP contribution < -0.4 is 10.1 Å². The van der Waals surface area contributed by atoms with Crippen molar-refractivity contribution in [1.29, 1.82) is 0 Å². The largest absolute Gasteiger partial charge is 0.496 e. The number of nitrogens with zero attached hydrogens (tertiary/aromatic N) is 1. The summed E-state index contributed by atoms with van der Waals surface area (Å²) < 4.78 is 6.51. The number of carbonyl (C=O) groups excluding carboxylic acids is 1. The van der Waals surface area contributed by atoms with Crippen LogP contribution in [-0.2, 0) is 11.3 Å². The lowest BCUT2D eigenvalue weighted by molar-refractivity contribution is -0.136. The minimum atomic E-state index is -0.518. The Bertz CT molecular complexity index is 1080. The average molecular weight is 453 g/mol. The zero-order valence-corrected chi connectivity index (χ0v) is 18.5. The molecule has 0 bridgehead atoms. The van der Waals surface area contributed by atoms with Gasteiger partial charge in [0.15, 0.2) is 0 Å². The lowest BCUT2D eigenvalue weighted by atomic mass is 9.84. The minimum absolute atomic E-state index is 0.0442. The Morgan fingerprint density at radius 1 is 1.14 bits per heavy atom. The van der Waals surface area contributed by atoms with Crippen molar-refractivity contribution in [3.63, 3.8) is 0 Å². The lowest BCUT2D eigenvalue weighted by Crippen LogP contribution is -2.63. The lowest BCUT2D eigenvalue weighted by Gasteiger charge is -2.49. The summed E-state index contributed by atoms with van der Waals surface area (Å²) in [5.41, 5.74) is 2.58. The summed E-state index contributed by atoms with van der Waals surface area (Å²) >= 11 is 3.54. The molecule has 3 aromatic rings. The summed E-state index contributed by atoms with van der Waals surface area (Å²) in [6.45, 7) is 5.67. The van der Waals surface area contributed by atoms with Crippen LogP contribution in [0.1, 0.15) is 24.5 Å². The number of anilines is 1. The van der Waals surface area contributed by atoms with E-state index in [1.165, 1.54) is 10.9 Å². The van der Waals surface area contributed by atoms with Gasteiger partial charge in [0.25, 0.3) is 0 Å². The molecule has 29 heavy (non-hydrogen) atoms. The maximum absolute atomic E-state index is 13.2. The highest BCUT2D eigenvalue weighted by atomic mass is 79.9. The van der Waals surface area contributed by atoms with Gasteiger partial charge in [-0.1, -0.05) is 52.3 Å². The second kappa shape index (κ2) is 7.81. The fraction of sp³-hybridized carbons (Fsp3) is 0.292. The Morgan fingerprint density at radius 3 is 2.59 bits per heavy atom. The molecule has 1 heterocycles. The molecule has 0 aromatic heterocycles. The van der Waals surface area contributed by atoms with Crippen molar-refractivity contribution >= 4 is 38.3 Å². The van der Waals surface area contributed by atoms with Crippen LogP contribution >= 0.6 is 15.9 Å². The van der Waals surface area contributed by atoms with Gasteiger partial charge in [0.05, 0.1) is 12.6 Å². The molecule has 5 heteroatoms. The Labute approximate surface area is 180 Å². The van der Waals surface area contributed by atoms with Crippen molar-refractivity contribution in [2.24, 2.45) is 0 Å². The molecule has 150 valence electrons. The van der Waals surface area contributed by atoms with E-state index in [1.807, 2.05) is 50.2 Å². The van der Waals surface area contributed by atoms with Crippen molar-refractivity contribution in [3.8, 4) is 5.75 Å². The first-order chi connectivity index (χ1) is 13.9. The Morgan fingerprint density at radius 2 is 1.90 bits per heavy atom. The Balaban J connectivity index is 1.57. The van der Waals surface area contributed by atoms with Crippen LogP contribution in [0, 0.1) is 6.92 Å². The smallest absolute Gasteiger partial charge is 0.244 e. The van der Waals surface area contributed by atoms with E-state index in [1.54, 1.807) is 7.11 Å². The number of carbonyl (C=O) groups is 1. The number of fused-ring (bicyclic) bond motifs is 1. The molecular formula is C24H25BrN2O2. The molecule has 1 N–H and O–H groups in total. The Kier molecular flexibility index (Phi) is 5.36. The van der Waals surface area contributed by atoms with Crippen LogP contribution in [0.25, 0.3) is 10.8 Å². The molecule has 1 unspecified atom stereocenters. The van der Waals surface area contributed by atoms with Crippen molar-refractivity contribution in [1.82, 2.24) is 4.90 Å². The monoisotopic (exact) mass is 452 g/mol. The van der Waals surface area contributed by atoms with E-state index in [0.29, 0.717) is 0 Å². The van der Waals surface area contributed by atoms with Gasteiger partial charge in [0.1, 0.15) is 5.75 Å². The molecule has 1 fully saturated rings. The van der Waals surface area contributed by atoms with Crippen LogP contribution in [-0.4, -0.2) is 30.0 Å². The van der Waals surface area contributed by atoms with Gasteiger partial charge in [-0.3, -0.25) is 9.69 Å². The van der Waals surface area contributed by atoms with Crippen molar-refractivity contribution < 1.29 is 9.53 Å². The topological polar surface area (TPSA) is 41.6 Å². The van der Waals surface area contributed by atoms with Crippen LogP contribution in [0.15, 0.2) is 59.1 Å². The maximum atomic E-state index is 13.2. The zero-order valence-electron chi connectivity index (χ0n) is 17.0. The molecule has 1 saturated heterocycles. The van der Waals surface area contributed by atoms with Crippen LogP contribution in [0.5, 0.6) is 5.75 Å². The first-order valence-electron chi connectivity index (χ1n) is 9.80. The molecule has 4 rings (SSSR count). The van der Waals surface area contributed by atoms with Gasteiger partial charge in [0.2, 0.25) is 5.91 Å². The van der Waals surface area contributed by atoms with Crippen molar-refractivity contribution in [2.45, 2.75) is 32.4 Å². The molecule has 0 aliphatic carbocycles. The minimum Gasteiger partial charge on any atom is -0.496 e. The standard InChI is InChI=1S/C24H25BrN2O2/c1-16-20(25)9-6-10-21(16)26-23(28)24(2)13-14-27(24)15-17-11-12-22(29-3)19-8-5-4-7-18(17)19/h4-12H,13-15H2,1-3H3,(H,26,28). The van der Waals surface area contributed by atoms with Gasteiger partial charge < -0.3 is 10.1 Å². The summed E-state index contributed by atoms with van der Waals surface area (Å²) in [5.74, 6) is 0.918. The van der Waals surface area contributed by atoms with Gasteiger partial charge in [-0.2, -0.15) is 0 Å². The predicted molar refractivity (Wildman–Crippen MR) is 121 cm³/mol. The highest BCUT2D eigenvalue weighted by Crippen LogP contribution is 2.36. The number of likely N-dealkylation sites (tertiary alicyclic amines) is 1. The number of ether oxygens (including phenoxy) is 1. The fourth-order valence-electron chi connectivity index (χ4n) is 3.97. The van der Waals surface area contributed by atoms with Gasteiger partial charge in [-0.15, -0.1) is 0 Å². The van der Waals surface area contributed by atoms with Crippen LogP contribution in [0.2, 0.25) is 0 Å². The van der Waals surface area contributed by atoms with E-state index in [-0.39, 0.29) is 5.91 Å². The zero-order chi connectivity index (χ0) is 20.6. The SMILES string of the molecule is COc1ccc(CN2CCC2(C)C(=O)Nc2cccc(Br)c2C)c2ccccc12. The van der Waals surface area contributed by atoms with E-state index in [0.717, 1.165) is 46.4 Å². The molecule has 0 spiro atoms. The highest BCUT2D eigenvalue weighted by Gasteiger charge is 2.46. The van der Waals surface area contributed by atoms with Gasteiger partial charge in [0, 0.05) is 28.6 Å². The molecule has 0 radical (unpaired) electrons. The Hall–Kier alpha value is -2.37. The van der Waals surface area contributed by atoms with Crippen molar-refractivity contribution in [3.05, 3.63) is 70.2 Å². The third-order valence-corrected chi connectivity index (χ3v) is 6.99.